The van der Waals surface area contributed by atoms with Gasteiger partial charge in [-0.25, -0.2) is 4.98 Å². The number of likely N-dealkylation sites (tertiary alicyclic amines) is 1. The van der Waals surface area contributed by atoms with Gasteiger partial charge < -0.3 is 29.7 Å². The maximum absolute atomic E-state index is 13.7. The van der Waals surface area contributed by atoms with Crippen molar-refractivity contribution in [2.45, 2.75) is 37.8 Å². The molecule has 17 nitrogen and oxygen atoms in total. The number of hydrogen-bond acceptors (Lipinski definition) is 14. The number of piperidine rings is 2. The van der Waals surface area contributed by atoms with Gasteiger partial charge in [0.25, 0.3) is 11.8 Å². The van der Waals surface area contributed by atoms with E-state index in [0.29, 0.717) is 68.2 Å². The number of fused-ring (bicyclic) bond motifs is 2. The molecule has 3 unspecified atom stereocenters. The monoisotopic (exact) mass is 1010 g/mol. The van der Waals surface area contributed by atoms with Gasteiger partial charge in [-0.3, -0.25) is 39.0 Å². The Labute approximate surface area is 422 Å². The van der Waals surface area contributed by atoms with Crippen molar-refractivity contribution in [2.75, 3.05) is 80.1 Å². The highest BCUT2D eigenvalue weighted by atomic mass is 35.5. The number of amides is 4. The van der Waals surface area contributed by atoms with Gasteiger partial charge in [-0.15, -0.1) is 0 Å². The molecule has 2 aromatic heterocycles. The number of hydrogen-bond donors (Lipinski definition) is 3. The van der Waals surface area contributed by atoms with Gasteiger partial charge in [0, 0.05) is 98.8 Å². The Balaban J connectivity index is 0.764. The van der Waals surface area contributed by atoms with Crippen LogP contribution in [0.3, 0.4) is 0 Å². The summed E-state index contributed by atoms with van der Waals surface area (Å²) in [4.78, 5) is 68.9. The van der Waals surface area contributed by atoms with E-state index in [1.54, 1.807) is 37.3 Å². The number of benzene rings is 4. The smallest absolute Gasteiger partial charge is 0.262 e. The lowest BCUT2D eigenvalue weighted by molar-refractivity contribution is -0.136. The Bertz CT molecular complexity index is 3200. The molecule has 0 saturated carbocycles. The molecule has 4 saturated heterocycles. The third kappa shape index (κ3) is 8.98. The third-order valence-corrected chi connectivity index (χ3v) is 16.7. The van der Waals surface area contributed by atoms with E-state index in [1.807, 2.05) is 74.0 Å². The number of carbonyl (C=O) groups is 4. The summed E-state index contributed by atoms with van der Waals surface area (Å²) >= 11 is 6.71. The summed E-state index contributed by atoms with van der Waals surface area (Å²) in [6, 6.07) is 24.8. The number of aryl methyl sites for hydroxylation is 1. The Morgan fingerprint density at radius 2 is 1.51 bits per heavy atom. The molecule has 5 aliphatic rings. The van der Waals surface area contributed by atoms with Crippen molar-refractivity contribution in [1.82, 2.24) is 34.9 Å². The SMILES string of the molecule is COc1cc(N2CC3CN(C4CCN(c5ccc6c(c5)C(=O)N(C5CCC(=O)NC5=O)C6=O)CC4)CC3C2)c(-c2cnn(C)c2)cc1Nc1ncc(Cl)c(Nc2ccc(-c3ccccc3)cc2P(C)(C)=O)n1. The molecule has 4 aromatic carbocycles. The summed E-state index contributed by atoms with van der Waals surface area (Å²) in [5.41, 5.74) is 7.80. The van der Waals surface area contributed by atoms with Gasteiger partial charge in [0.05, 0.1) is 42.0 Å². The minimum atomic E-state index is -2.74. The van der Waals surface area contributed by atoms with E-state index < -0.39 is 36.8 Å². The normalized spacial score (nSPS) is 20.5. The van der Waals surface area contributed by atoms with Crippen molar-refractivity contribution >= 4 is 82.2 Å². The second kappa shape index (κ2) is 18.8. The number of halogens is 1. The highest BCUT2D eigenvalue weighted by Gasteiger charge is 2.46. The van der Waals surface area contributed by atoms with E-state index in [4.69, 9.17) is 21.3 Å². The fraction of sp³-hybridized carbons (Fsp3) is 0.340. The first-order valence-corrected chi connectivity index (χ1v) is 27.3. The number of carbonyl (C=O) groups excluding carboxylic acids is 4. The summed E-state index contributed by atoms with van der Waals surface area (Å²) in [5, 5.41) is 14.5. The third-order valence-electron chi connectivity index (χ3n) is 14.9. The quantitative estimate of drug-likeness (QED) is 0.0814. The molecule has 5 aliphatic heterocycles. The predicted octanol–water partition coefficient (Wildman–Crippen LogP) is 7.38. The van der Waals surface area contributed by atoms with Gasteiger partial charge in [0.2, 0.25) is 17.8 Å². The van der Waals surface area contributed by atoms with Gasteiger partial charge in [0.1, 0.15) is 24.0 Å². The molecular weight excluding hydrogens is 953 g/mol. The molecule has 4 fully saturated rings. The Morgan fingerprint density at radius 3 is 2.21 bits per heavy atom. The predicted molar refractivity (Wildman–Crippen MR) is 279 cm³/mol. The number of nitrogens with zero attached hydrogens (tertiary/aromatic N) is 8. The molecule has 0 bridgehead atoms. The van der Waals surface area contributed by atoms with E-state index in [9.17, 15) is 23.7 Å². The number of anilines is 6. The largest absolute Gasteiger partial charge is 0.494 e. The maximum atomic E-state index is 13.7. The standard InChI is InChI=1S/C53H55ClN11O6P/c1-61-26-33(24-56-61)39-22-43(58-53-55-25-41(54)49(60-53)57-42-13-10-32(20-47(42)72(3,4)70)31-8-6-5-7-9-31)46(71-2)23-45(39)64-29-34-27-63(28-35(34)30-64)36-16-18-62(19-17-36)37-11-12-38-40(21-37)52(69)65(51(38)68)44-14-15-48(66)59-50(44)67/h5-13,20-26,34-36,44H,14-19,27-30H2,1-4H3,(H,59,66,67)(H2,55,57,58,60). The Kier molecular flexibility index (Phi) is 12.4. The van der Waals surface area contributed by atoms with Crippen LogP contribution in [0.15, 0.2) is 97.5 Å². The van der Waals surface area contributed by atoms with Crippen LogP contribution in [-0.2, 0) is 21.2 Å². The van der Waals surface area contributed by atoms with Crippen molar-refractivity contribution < 1.29 is 28.5 Å². The summed E-state index contributed by atoms with van der Waals surface area (Å²) < 4.78 is 21.5. The molecule has 3 atom stereocenters. The highest BCUT2D eigenvalue weighted by Crippen LogP contribution is 2.45. The minimum Gasteiger partial charge on any atom is -0.494 e. The minimum absolute atomic E-state index is 0.0827. The van der Waals surface area contributed by atoms with E-state index in [0.717, 1.165) is 90.6 Å². The molecule has 11 rings (SSSR count). The van der Waals surface area contributed by atoms with Crippen molar-refractivity contribution in [2.24, 2.45) is 18.9 Å². The molecule has 6 aromatic rings. The van der Waals surface area contributed by atoms with Crippen molar-refractivity contribution in [3.8, 4) is 28.0 Å². The lowest BCUT2D eigenvalue weighted by Gasteiger charge is -2.38. The van der Waals surface area contributed by atoms with E-state index in [-0.39, 0.29) is 12.8 Å². The lowest BCUT2D eigenvalue weighted by atomic mass is 10.0. The van der Waals surface area contributed by atoms with Gasteiger partial charge in [-0.05, 0) is 92.0 Å². The van der Waals surface area contributed by atoms with E-state index >= 15 is 0 Å². The second-order valence-electron chi connectivity index (χ2n) is 19.8. The fourth-order valence-corrected chi connectivity index (χ4v) is 12.5. The van der Waals surface area contributed by atoms with E-state index in [1.165, 1.54) is 6.20 Å². The molecular formula is C53H55ClN11O6P. The number of nitrogens with one attached hydrogen (secondary N) is 3. The average molecular weight is 1010 g/mol. The zero-order valence-corrected chi connectivity index (χ0v) is 42.1. The van der Waals surface area contributed by atoms with Crippen molar-refractivity contribution in [1.29, 1.82) is 0 Å². The number of methoxy groups -OCH3 is 1. The fourth-order valence-electron chi connectivity index (χ4n) is 11.2. The van der Waals surface area contributed by atoms with Crippen LogP contribution in [0.2, 0.25) is 5.02 Å². The Morgan fingerprint density at radius 1 is 0.764 bits per heavy atom. The maximum Gasteiger partial charge on any atom is 0.262 e. The van der Waals surface area contributed by atoms with Crippen LogP contribution in [-0.4, -0.2) is 125 Å². The number of imide groups is 2. The number of rotatable bonds is 12. The number of ether oxygens (including phenoxy) is 1. The molecule has 0 radical (unpaired) electrons. The van der Waals surface area contributed by atoms with Crippen LogP contribution >= 0.6 is 18.7 Å². The van der Waals surface area contributed by atoms with Crippen LogP contribution < -0.4 is 35.8 Å². The van der Waals surface area contributed by atoms with Gasteiger partial charge in [-0.1, -0.05) is 48.0 Å². The molecule has 0 aliphatic carbocycles. The first kappa shape index (κ1) is 47.3. The van der Waals surface area contributed by atoms with Crippen LogP contribution in [0.5, 0.6) is 5.75 Å². The molecule has 370 valence electrons. The second-order valence-corrected chi connectivity index (χ2v) is 23.4. The molecule has 7 heterocycles. The lowest BCUT2D eigenvalue weighted by Crippen LogP contribution is -2.54. The van der Waals surface area contributed by atoms with E-state index in [2.05, 4.69) is 52.9 Å². The Hall–Kier alpha value is -7.07. The van der Waals surface area contributed by atoms with Crippen molar-refractivity contribution in [3.05, 3.63) is 114 Å². The van der Waals surface area contributed by atoms with Crippen LogP contribution in [0, 0.1) is 11.8 Å². The molecule has 0 spiro atoms. The summed E-state index contributed by atoms with van der Waals surface area (Å²) in [7, 11) is 0.819. The first-order valence-electron chi connectivity index (χ1n) is 24.3. The summed E-state index contributed by atoms with van der Waals surface area (Å²) in [6.45, 7) is 8.95. The van der Waals surface area contributed by atoms with Gasteiger partial charge in [-0.2, -0.15) is 10.1 Å². The highest BCUT2D eigenvalue weighted by molar-refractivity contribution is 7.70. The van der Waals surface area contributed by atoms with Gasteiger partial charge in [0.15, 0.2) is 5.82 Å². The molecule has 3 N–H and O–H groups in total. The molecule has 72 heavy (non-hydrogen) atoms. The average Bonchev–Trinajstić information content (AvgIpc) is 4.15. The molecule has 19 heteroatoms. The summed E-state index contributed by atoms with van der Waals surface area (Å²) in [6.07, 6.45) is 7.58. The van der Waals surface area contributed by atoms with Crippen molar-refractivity contribution in [3.63, 3.8) is 0 Å². The zero-order valence-electron chi connectivity index (χ0n) is 40.5. The topological polar surface area (TPSA) is 187 Å². The summed E-state index contributed by atoms with van der Waals surface area (Å²) in [5.74, 6) is 0.258. The van der Waals surface area contributed by atoms with Crippen LogP contribution in [0.1, 0.15) is 46.4 Å². The molecule has 4 amide bonds. The number of aromatic nitrogens is 4. The van der Waals surface area contributed by atoms with Crippen LogP contribution in [0.25, 0.3) is 22.3 Å². The van der Waals surface area contributed by atoms with Crippen LogP contribution in [0.4, 0.5) is 34.5 Å². The van der Waals surface area contributed by atoms with Gasteiger partial charge >= 0.3 is 0 Å². The first-order chi connectivity index (χ1) is 34.7. The zero-order chi connectivity index (χ0) is 50.0.